The Hall–Kier alpha value is -3.92. The molecule has 2 N–H and O–H groups in total. The van der Waals surface area contributed by atoms with E-state index in [1.165, 1.54) is 12.3 Å². The van der Waals surface area contributed by atoms with Gasteiger partial charge in [-0.15, -0.1) is 0 Å². The minimum absolute atomic E-state index is 0.00629. The highest BCUT2D eigenvalue weighted by Gasteiger charge is 2.21. The standard InChI is InChI=1S/C21H18IN9O4/c22-14-2-4-15(5-3-14)24-18-19(26-21-20(25-18)28-35-29-21)27-23-12-13-1-6-16(17(11-13)31(32)33)30-7-9-34-10-8-30/h1-6,11-12H,7-10H2,(H,24,25,28)(H,26,27,29). The van der Waals surface area contributed by atoms with Crippen molar-refractivity contribution in [2.45, 2.75) is 0 Å². The second-order valence-corrected chi connectivity index (χ2v) is 8.68. The molecular formula is C21H18IN9O4. The molecule has 1 aliphatic rings. The number of rotatable bonds is 7. The fraction of sp³-hybridized carbons (Fsp3) is 0.190. The van der Waals surface area contributed by atoms with Crippen molar-refractivity contribution in [3.63, 3.8) is 0 Å². The van der Waals surface area contributed by atoms with E-state index in [0.717, 1.165) is 9.26 Å². The number of nitro groups is 1. The Morgan fingerprint density at radius 1 is 1.06 bits per heavy atom. The lowest BCUT2D eigenvalue weighted by Gasteiger charge is -2.28. The number of anilines is 4. The van der Waals surface area contributed by atoms with Gasteiger partial charge in [-0.05, 0) is 63.2 Å². The maximum absolute atomic E-state index is 11.7. The Morgan fingerprint density at radius 3 is 2.49 bits per heavy atom. The highest BCUT2D eigenvalue weighted by molar-refractivity contribution is 14.1. The first-order valence-corrected chi connectivity index (χ1v) is 11.6. The van der Waals surface area contributed by atoms with Crippen LogP contribution in [0, 0.1) is 13.7 Å². The highest BCUT2D eigenvalue weighted by Crippen LogP contribution is 2.30. The zero-order valence-corrected chi connectivity index (χ0v) is 20.2. The number of nitrogens with zero attached hydrogens (tertiary/aromatic N) is 7. The van der Waals surface area contributed by atoms with Gasteiger partial charge in [0.05, 0.1) is 24.4 Å². The fourth-order valence-corrected chi connectivity index (χ4v) is 3.84. The van der Waals surface area contributed by atoms with Crippen LogP contribution in [-0.2, 0) is 4.74 Å². The van der Waals surface area contributed by atoms with Crippen LogP contribution in [-0.4, -0.2) is 57.7 Å². The summed E-state index contributed by atoms with van der Waals surface area (Å²) in [4.78, 5) is 22.0. The molecule has 0 atom stereocenters. The van der Waals surface area contributed by atoms with Crippen LogP contribution in [0.1, 0.15) is 5.56 Å². The highest BCUT2D eigenvalue weighted by atomic mass is 127. The lowest BCUT2D eigenvalue weighted by atomic mass is 10.1. The Kier molecular flexibility index (Phi) is 6.62. The van der Waals surface area contributed by atoms with Gasteiger partial charge in [-0.1, -0.05) is 6.07 Å². The predicted octanol–water partition coefficient (Wildman–Crippen LogP) is 3.55. The normalized spacial score (nSPS) is 13.9. The molecule has 0 spiro atoms. The number of aromatic nitrogens is 4. The summed E-state index contributed by atoms with van der Waals surface area (Å²) in [5.74, 6) is 0.641. The number of hydrogen-bond donors (Lipinski definition) is 2. The van der Waals surface area contributed by atoms with Gasteiger partial charge in [0.25, 0.3) is 5.69 Å². The molecule has 14 heteroatoms. The predicted molar refractivity (Wildman–Crippen MR) is 137 cm³/mol. The van der Waals surface area contributed by atoms with Crippen LogP contribution in [0.25, 0.3) is 11.3 Å². The summed E-state index contributed by atoms with van der Waals surface area (Å²) in [6, 6.07) is 12.7. The molecule has 178 valence electrons. The van der Waals surface area contributed by atoms with Crippen molar-refractivity contribution in [3.05, 3.63) is 61.7 Å². The van der Waals surface area contributed by atoms with Gasteiger partial charge in [-0.3, -0.25) is 15.5 Å². The first-order valence-electron chi connectivity index (χ1n) is 10.5. The number of fused-ring (bicyclic) bond motifs is 1. The summed E-state index contributed by atoms with van der Waals surface area (Å²) in [5.41, 5.74) is 5.17. The van der Waals surface area contributed by atoms with Crippen LogP contribution in [0.15, 0.2) is 52.2 Å². The molecule has 3 heterocycles. The van der Waals surface area contributed by atoms with Crippen molar-refractivity contribution in [2.75, 3.05) is 41.9 Å². The van der Waals surface area contributed by atoms with Crippen LogP contribution in [0.4, 0.5) is 28.7 Å². The van der Waals surface area contributed by atoms with Gasteiger partial charge in [-0.2, -0.15) is 10.1 Å². The molecule has 0 unspecified atom stereocenters. The SMILES string of the molecule is O=[N+]([O-])c1cc(C=NNc2nc3nonc3nc2Nc2ccc(I)cc2)ccc1N1CCOCC1. The molecule has 0 amide bonds. The quantitative estimate of drug-likeness (QED) is 0.141. The molecule has 5 rings (SSSR count). The molecule has 1 aliphatic heterocycles. The molecule has 1 saturated heterocycles. The van der Waals surface area contributed by atoms with Gasteiger partial charge < -0.3 is 15.0 Å². The van der Waals surface area contributed by atoms with E-state index in [-0.39, 0.29) is 22.8 Å². The zero-order valence-electron chi connectivity index (χ0n) is 18.1. The molecule has 2 aromatic carbocycles. The summed E-state index contributed by atoms with van der Waals surface area (Å²) in [6.07, 6.45) is 1.47. The lowest BCUT2D eigenvalue weighted by Crippen LogP contribution is -2.36. The molecule has 13 nitrogen and oxygen atoms in total. The molecule has 1 fully saturated rings. The van der Waals surface area contributed by atoms with Crippen molar-refractivity contribution >= 4 is 68.8 Å². The third-order valence-corrected chi connectivity index (χ3v) is 5.87. The van der Waals surface area contributed by atoms with Crippen LogP contribution in [0.3, 0.4) is 0 Å². The second kappa shape index (κ2) is 10.1. The largest absolute Gasteiger partial charge is 0.378 e. The number of nitro benzene ring substituents is 1. The smallest absolute Gasteiger partial charge is 0.293 e. The van der Waals surface area contributed by atoms with Gasteiger partial charge in [0, 0.05) is 34.0 Å². The van der Waals surface area contributed by atoms with Crippen LogP contribution in [0.5, 0.6) is 0 Å². The molecule has 4 aromatic rings. The molecule has 0 aliphatic carbocycles. The summed E-state index contributed by atoms with van der Waals surface area (Å²) >= 11 is 2.22. The van der Waals surface area contributed by atoms with E-state index >= 15 is 0 Å². The first kappa shape index (κ1) is 22.9. The van der Waals surface area contributed by atoms with E-state index in [4.69, 9.17) is 9.37 Å². The minimum Gasteiger partial charge on any atom is -0.378 e. The number of halogens is 1. The van der Waals surface area contributed by atoms with Crippen LogP contribution >= 0.6 is 22.6 Å². The summed E-state index contributed by atoms with van der Waals surface area (Å²) < 4.78 is 11.1. The topological polar surface area (TPSA) is 157 Å². The van der Waals surface area contributed by atoms with Gasteiger partial charge in [-0.25, -0.2) is 9.61 Å². The van der Waals surface area contributed by atoms with Crippen molar-refractivity contribution in [2.24, 2.45) is 5.10 Å². The van der Waals surface area contributed by atoms with Crippen molar-refractivity contribution in [1.82, 2.24) is 20.3 Å². The number of benzene rings is 2. The number of nitrogens with one attached hydrogen (secondary N) is 2. The minimum atomic E-state index is -0.393. The van der Waals surface area contributed by atoms with Crippen molar-refractivity contribution < 1.29 is 14.3 Å². The van der Waals surface area contributed by atoms with Crippen LogP contribution < -0.4 is 15.6 Å². The molecular weight excluding hydrogens is 569 g/mol. The van der Waals surface area contributed by atoms with E-state index in [0.29, 0.717) is 43.4 Å². The first-order chi connectivity index (χ1) is 17.1. The Morgan fingerprint density at radius 2 is 1.77 bits per heavy atom. The summed E-state index contributed by atoms with van der Waals surface area (Å²) in [6.45, 7) is 2.28. The Balaban J connectivity index is 1.39. The average molecular weight is 587 g/mol. The van der Waals surface area contributed by atoms with Gasteiger partial charge in [0.15, 0.2) is 11.6 Å². The Bertz CT molecular complexity index is 1390. The van der Waals surface area contributed by atoms with E-state index in [2.05, 4.69) is 58.7 Å². The van der Waals surface area contributed by atoms with Gasteiger partial charge >= 0.3 is 0 Å². The van der Waals surface area contributed by atoms with E-state index in [9.17, 15) is 10.1 Å². The van der Waals surface area contributed by atoms with Gasteiger partial charge in [0.2, 0.25) is 11.3 Å². The number of ether oxygens (including phenoxy) is 1. The lowest BCUT2D eigenvalue weighted by molar-refractivity contribution is -0.384. The zero-order chi connectivity index (χ0) is 24.2. The molecule has 0 saturated carbocycles. The van der Waals surface area contributed by atoms with Crippen molar-refractivity contribution in [1.29, 1.82) is 0 Å². The fourth-order valence-electron chi connectivity index (χ4n) is 3.48. The molecule has 2 aromatic heterocycles. The van der Waals surface area contributed by atoms with E-state index in [1.54, 1.807) is 12.1 Å². The third-order valence-electron chi connectivity index (χ3n) is 5.15. The second-order valence-electron chi connectivity index (χ2n) is 7.44. The van der Waals surface area contributed by atoms with E-state index < -0.39 is 4.92 Å². The number of morpholine rings is 1. The number of hydrazone groups is 1. The van der Waals surface area contributed by atoms with Gasteiger partial charge in [0.1, 0.15) is 5.69 Å². The monoisotopic (exact) mass is 587 g/mol. The molecule has 0 bridgehead atoms. The number of hydrogen-bond acceptors (Lipinski definition) is 12. The van der Waals surface area contributed by atoms with E-state index in [1.807, 2.05) is 29.2 Å². The maximum Gasteiger partial charge on any atom is 0.293 e. The van der Waals surface area contributed by atoms with Crippen molar-refractivity contribution in [3.8, 4) is 0 Å². The maximum atomic E-state index is 11.7. The molecule has 35 heavy (non-hydrogen) atoms. The van der Waals surface area contributed by atoms with Crippen LogP contribution in [0.2, 0.25) is 0 Å². The molecule has 0 radical (unpaired) electrons. The average Bonchev–Trinajstić information content (AvgIpc) is 3.33. The Labute approximate surface area is 211 Å². The summed E-state index contributed by atoms with van der Waals surface area (Å²) in [7, 11) is 0. The third kappa shape index (κ3) is 5.27. The summed E-state index contributed by atoms with van der Waals surface area (Å²) in [5, 5.41) is 26.5.